The molecule has 1 aromatic heterocycles. The Balaban J connectivity index is 2.74. The largest absolute Gasteiger partial charge is 0.382 e. The fourth-order valence-corrected chi connectivity index (χ4v) is 2.05. The van der Waals surface area contributed by atoms with Crippen molar-refractivity contribution in [3.05, 3.63) is 29.6 Å². The lowest BCUT2D eigenvalue weighted by atomic mass is 10.1. The van der Waals surface area contributed by atoms with Gasteiger partial charge in [-0.05, 0) is 37.6 Å². The molecular weight excluding hydrogens is 212 g/mol. The highest BCUT2D eigenvalue weighted by molar-refractivity contribution is 5.93. The Morgan fingerprint density at radius 1 is 1.47 bits per heavy atom. The number of pyridine rings is 1. The van der Waals surface area contributed by atoms with Crippen LogP contribution in [0, 0.1) is 5.41 Å². The molecule has 0 fully saturated rings. The van der Waals surface area contributed by atoms with E-state index >= 15 is 0 Å². The first kappa shape index (κ1) is 13.6. The third-order valence-corrected chi connectivity index (χ3v) is 3.10. The number of nitrogens with one attached hydrogen (secondary N) is 1. The van der Waals surface area contributed by atoms with Crippen LogP contribution in [0.1, 0.15) is 37.9 Å². The molecular formula is C13H22N4. The summed E-state index contributed by atoms with van der Waals surface area (Å²) in [6.07, 6.45) is 4.02. The van der Waals surface area contributed by atoms with Crippen molar-refractivity contribution < 1.29 is 0 Å². The molecule has 4 heteroatoms. The van der Waals surface area contributed by atoms with Crippen molar-refractivity contribution in [2.24, 2.45) is 5.73 Å². The summed E-state index contributed by atoms with van der Waals surface area (Å²) in [4.78, 5) is 6.40. The number of rotatable bonds is 6. The van der Waals surface area contributed by atoms with Gasteiger partial charge in [-0.15, -0.1) is 0 Å². The van der Waals surface area contributed by atoms with Gasteiger partial charge in [0.05, 0.1) is 0 Å². The summed E-state index contributed by atoms with van der Waals surface area (Å²) in [7, 11) is 2.13. The first-order valence-corrected chi connectivity index (χ1v) is 6.08. The fourth-order valence-electron chi connectivity index (χ4n) is 2.05. The molecule has 17 heavy (non-hydrogen) atoms. The van der Waals surface area contributed by atoms with Crippen molar-refractivity contribution in [3.63, 3.8) is 0 Å². The van der Waals surface area contributed by atoms with Crippen LogP contribution in [0.5, 0.6) is 0 Å². The van der Waals surface area contributed by atoms with Crippen LogP contribution in [0.4, 0.5) is 0 Å². The summed E-state index contributed by atoms with van der Waals surface area (Å²) in [5, 5.41) is 7.37. The maximum absolute atomic E-state index is 7.37. The zero-order valence-electron chi connectivity index (χ0n) is 10.9. The molecule has 0 amide bonds. The maximum atomic E-state index is 7.37. The van der Waals surface area contributed by atoms with Crippen LogP contribution in [-0.2, 0) is 6.54 Å². The normalized spacial score (nSPS) is 11.1. The van der Waals surface area contributed by atoms with Gasteiger partial charge in [-0.25, -0.2) is 0 Å². The van der Waals surface area contributed by atoms with Gasteiger partial charge in [0.2, 0.25) is 0 Å². The SMILES string of the molecule is CCC(CC)N(C)Cc1ccnc(C(=N)N)c1. The number of hydrogen-bond donors (Lipinski definition) is 2. The van der Waals surface area contributed by atoms with E-state index in [2.05, 4.69) is 30.8 Å². The summed E-state index contributed by atoms with van der Waals surface area (Å²) >= 11 is 0. The molecule has 4 nitrogen and oxygen atoms in total. The number of aromatic nitrogens is 1. The minimum Gasteiger partial charge on any atom is -0.382 e. The van der Waals surface area contributed by atoms with Gasteiger partial charge in [-0.1, -0.05) is 13.8 Å². The van der Waals surface area contributed by atoms with E-state index in [4.69, 9.17) is 11.1 Å². The molecule has 0 unspecified atom stereocenters. The molecule has 0 saturated carbocycles. The van der Waals surface area contributed by atoms with Gasteiger partial charge in [0, 0.05) is 18.8 Å². The van der Waals surface area contributed by atoms with Gasteiger partial charge in [0.1, 0.15) is 11.5 Å². The molecule has 1 rings (SSSR count). The van der Waals surface area contributed by atoms with Crippen molar-refractivity contribution in [1.29, 1.82) is 5.41 Å². The van der Waals surface area contributed by atoms with Crippen molar-refractivity contribution in [1.82, 2.24) is 9.88 Å². The number of nitrogens with zero attached hydrogens (tertiary/aromatic N) is 2. The van der Waals surface area contributed by atoms with E-state index in [0.29, 0.717) is 11.7 Å². The zero-order valence-corrected chi connectivity index (χ0v) is 10.9. The lowest BCUT2D eigenvalue weighted by Crippen LogP contribution is -2.30. The third kappa shape index (κ3) is 3.82. The van der Waals surface area contributed by atoms with Crippen molar-refractivity contribution in [3.8, 4) is 0 Å². The Kier molecular flexibility index (Phi) is 5.10. The van der Waals surface area contributed by atoms with E-state index in [1.165, 1.54) is 0 Å². The molecule has 0 bridgehead atoms. The molecule has 0 aliphatic heterocycles. The molecule has 0 aromatic carbocycles. The highest BCUT2D eigenvalue weighted by Gasteiger charge is 2.11. The van der Waals surface area contributed by atoms with Gasteiger partial charge in [-0.3, -0.25) is 15.3 Å². The molecule has 0 atom stereocenters. The predicted octanol–water partition coefficient (Wildman–Crippen LogP) is 1.99. The molecule has 0 saturated heterocycles. The Labute approximate surface area is 103 Å². The third-order valence-electron chi connectivity index (χ3n) is 3.10. The standard InChI is InChI=1S/C13H22N4/c1-4-11(5-2)17(3)9-10-6-7-16-12(8-10)13(14)15/h6-8,11H,4-5,9H2,1-3H3,(H3,14,15). The van der Waals surface area contributed by atoms with E-state index in [1.54, 1.807) is 6.20 Å². The van der Waals surface area contributed by atoms with Crippen molar-refractivity contribution >= 4 is 5.84 Å². The Morgan fingerprint density at radius 2 is 2.12 bits per heavy atom. The molecule has 94 valence electrons. The molecule has 1 aromatic rings. The number of hydrogen-bond acceptors (Lipinski definition) is 3. The number of nitrogens with two attached hydrogens (primary N) is 1. The first-order chi connectivity index (χ1) is 8.08. The minimum atomic E-state index is 0.0250. The highest BCUT2D eigenvalue weighted by atomic mass is 15.1. The summed E-state index contributed by atoms with van der Waals surface area (Å²) in [5.41, 5.74) is 7.14. The Hall–Kier alpha value is -1.42. The van der Waals surface area contributed by atoms with E-state index in [-0.39, 0.29) is 5.84 Å². The molecule has 0 aliphatic rings. The minimum absolute atomic E-state index is 0.0250. The quantitative estimate of drug-likeness (QED) is 0.584. The zero-order chi connectivity index (χ0) is 12.8. The second kappa shape index (κ2) is 6.35. The topological polar surface area (TPSA) is 66.0 Å². The van der Waals surface area contributed by atoms with Gasteiger partial charge in [0.15, 0.2) is 0 Å². The monoisotopic (exact) mass is 234 g/mol. The highest BCUT2D eigenvalue weighted by Crippen LogP contribution is 2.11. The second-order valence-corrected chi connectivity index (χ2v) is 4.35. The van der Waals surface area contributed by atoms with Crippen LogP contribution < -0.4 is 5.73 Å². The summed E-state index contributed by atoms with van der Waals surface area (Å²) < 4.78 is 0. The summed E-state index contributed by atoms with van der Waals surface area (Å²) in [5.74, 6) is 0.0250. The lowest BCUT2D eigenvalue weighted by Gasteiger charge is -2.26. The average Bonchev–Trinajstić information content (AvgIpc) is 2.30. The van der Waals surface area contributed by atoms with Crippen LogP contribution in [0.15, 0.2) is 18.3 Å². The van der Waals surface area contributed by atoms with E-state index < -0.39 is 0 Å². The Morgan fingerprint density at radius 3 is 2.65 bits per heavy atom. The average molecular weight is 234 g/mol. The van der Waals surface area contributed by atoms with Crippen LogP contribution in [0.3, 0.4) is 0 Å². The number of nitrogen functional groups attached to an aromatic ring is 1. The second-order valence-electron chi connectivity index (χ2n) is 4.35. The molecule has 3 N–H and O–H groups in total. The van der Waals surface area contributed by atoms with Crippen molar-refractivity contribution in [2.75, 3.05) is 7.05 Å². The smallest absolute Gasteiger partial charge is 0.141 e. The number of amidine groups is 1. The summed E-state index contributed by atoms with van der Waals surface area (Å²) in [6, 6.07) is 4.47. The van der Waals surface area contributed by atoms with Crippen LogP contribution in [0.25, 0.3) is 0 Å². The molecule has 0 spiro atoms. The van der Waals surface area contributed by atoms with E-state index in [0.717, 1.165) is 24.9 Å². The fraction of sp³-hybridized carbons (Fsp3) is 0.538. The van der Waals surface area contributed by atoms with Gasteiger partial charge in [-0.2, -0.15) is 0 Å². The molecule has 1 heterocycles. The maximum Gasteiger partial charge on any atom is 0.141 e. The van der Waals surface area contributed by atoms with Crippen LogP contribution in [0.2, 0.25) is 0 Å². The van der Waals surface area contributed by atoms with E-state index in [1.807, 2.05) is 12.1 Å². The summed E-state index contributed by atoms with van der Waals surface area (Å²) in [6.45, 7) is 5.28. The predicted molar refractivity (Wildman–Crippen MR) is 71.1 cm³/mol. The van der Waals surface area contributed by atoms with Gasteiger partial charge in [0.25, 0.3) is 0 Å². The first-order valence-electron chi connectivity index (χ1n) is 6.08. The van der Waals surface area contributed by atoms with Gasteiger partial charge >= 0.3 is 0 Å². The Bertz CT molecular complexity index is 371. The van der Waals surface area contributed by atoms with Gasteiger partial charge < -0.3 is 5.73 Å². The van der Waals surface area contributed by atoms with Crippen LogP contribution >= 0.6 is 0 Å². The lowest BCUT2D eigenvalue weighted by molar-refractivity contribution is 0.221. The molecule has 0 aliphatic carbocycles. The van der Waals surface area contributed by atoms with E-state index in [9.17, 15) is 0 Å². The van der Waals surface area contributed by atoms with Crippen LogP contribution in [-0.4, -0.2) is 28.8 Å². The molecule has 0 radical (unpaired) electrons. The van der Waals surface area contributed by atoms with Crippen molar-refractivity contribution in [2.45, 2.75) is 39.3 Å².